The van der Waals surface area contributed by atoms with Crippen LogP contribution in [0, 0.1) is 0 Å². The first-order valence-corrected chi connectivity index (χ1v) is 6.32. The molecule has 3 N–H and O–H groups in total. The van der Waals surface area contributed by atoms with Crippen LogP contribution in [0.1, 0.15) is 27.2 Å². The van der Waals surface area contributed by atoms with Crippen LogP contribution in [0.25, 0.3) is 0 Å². The summed E-state index contributed by atoms with van der Waals surface area (Å²) in [5.74, 6) is -0.256. The van der Waals surface area contributed by atoms with Gasteiger partial charge in [-0.3, -0.25) is 15.0 Å². The highest BCUT2D eigenvalue weighted by molar-refractivity contribution is 5.95. The van der Waals surface area contributed by atoms with Gasteiger partial charge in [0.15, 0.2) is 0 Å². The van der Waals surface area contributed by atoms with Crippen molar-refractivity contribution in [3.63, 3.8) is 0 Å². The van der Waals surface area contributed by atoms with E-state index >= 15 is 0 Å². The molecular weight excluding hydrogens is 232 g/mol. The smallest absolute Gasteiger partial charge is 0.321 e. The predicted molar refractivity (Wildman–Crippen MR) is 70.3 cm³/mol. The molecule has 18 heavy (non-hydrogen) atoms. The molecule has 1 heterocycles. The van der Waals surface area contributed by atoms with Gasteiger partial charge in [0.05, 0.1) is 6.54 Å². The van der Waals surface area contributed by atoms with Gasteiger partial charge in [-0.1, -0.05) is 0 Å². The normalized spacial score (nSPS) is 20.8. The van der Waals surface area contributed by atoms with Crippen molar-refractivity contribution in [3.8, 4) is 0 Å². The van der Waals surface area contributed by atoms with Gasteiger partial charge in [-0.25, -0.2) is 4.79 Å². The van der Waals surface area contributed by atoms with Gasteiger partial charge in [-0.15, -0.1) is 0 Å². The van der Waals surface area contributed by atoms with E-state index in [1.54, 1.807) is 0 Å². The standard InChI is InChI=1S/C12H24N4O2/c1-12(2,3)15-11(18)14-10(17)8-16-6-5-9(7-16)13-4/h9,13H,5-8H2,1-4H3,(H2,14,15,17,18). The van der Waals surface area contributed by atoms with Gasteiger partial charge in [-0.2, -0.15) is 0 Å². The number of nitrogens with zero attached hydrogens (tertiary/aromatic N) is 1. The van der Waals surface area contributed by atoms with E-state index in [0.29, 0.717) is 6.04 Å². The van der Waals surface area contributed by atoms with E-state index in [0.717, 1.165) is 19.5 Å². The second-order valence-electron chi connectivity index (χ2n) is 5.76. The minimum atomic E-state index is -0.433. The number of urea groups is 1. The second-order valence-corrected chi connectivity index (χ2v) is 5.76. The van der Waals surface area contributed by atoms with Crippen LogP contribution >= 0.6 is 0 Å². The minimum Gasteiger partial charge on any atom is -0.333 e. The highest BCUT2D eigenvalue weighted by Crippen LogP contribution is 2.07. The number of carbonyl (C=O) groups excluding carboxylic acids is 2. The molecule has 1 aliphatic rings. The quantitative estimate of drug-likeness (QED) is 0.659. The summed E-state index contributed by atoms with van der Waals surface area (Å²) in [5.41, 5.74) is -0.338. The number of amides is 3. The molecule has 0 spiro atoms. The van der Waals surface area contributed by atoms with E-state index in [1.165, 1.54) is 0 Å². The lowest BCUT2D eigenvalue weighted by molar-refractivity contribution is -0.120. The zero-order valence-corrected chi connectivity index (χ0v) is 11.7. The van der Waals surface area contributed by atoms with E-state index in [4.69, 9.17) is 0 Å². The Kier molecular flexibility index (Phi) is 5.10. The maximum atomic E-state index is 11.7. The van der Waals surface area contributed by atoms with Gasteiger partial charge < -0.3 is 10.6 Å². The molecule has 0 bridgehead atoms. The van der Waals surface area contributed by atoms with Crippen LogP contribution in [0.3, 0.4) is 0 Å². The van der Waals surface area contributed by atoms with E-state index in [-0.39, 0.29) is 18.0 Å². The molecular formula is C12H24N4O2. The first-order valence-electron chi connectivity index (χ1n) is 6.32. The fraction of sp³-hybridized carbons (Fsp3) is 0.833. The predicted octanol–water partition coefficient (Wildman–Crippen LogP) is -0.0956. The molecule has 0 radical (unpaired) electrons. The van der Waals surface area contributed by atoms with Crippen molar-refractivity contribution in [3.05, 3.63) is 0 Å². The van der Waals surface area contributed by atoms with Gasteiger partial charge in [0, 0.05) is 24.7 Å². The number of hydrogen-bond donors (Lipinski definition) is 3. The number of likely N-dealkylation sites (N-methyl/N-ethyl adjacent to an activating group) is 1. The van der Waals surface area contributed by atoms with Gasteiger partial charge in [0.2, 0.25) is 5.91 Å². The van der Waals surface area contributed by atoms with E-state index in [1.807, 2.05) is 32.7 Å². The molecule has 0 aromatic rings. The summed E-state index contributed by atoms with van der Waals surface area (Å²) in [4.78, 5) is 25.2. The first-order chi connectivity index (χ1) is 8.30. The average Bonchev–Trinajstić information content (AvgIpc) is 2.61. The lowest BCUT2D eigenvalue weighted by atomic mass is 10.1. The van der Waals surface area contributed by atoms with Gasteiger partial charge in [-0.05, 0) is 34.2 Å². The lowest BCUT2D eigenvalue weighted by Crippen LogP contribution is -2.50. The van der Waals surface area contributed by atoms with Crippen molar-refractivity contribution >= 4 is 11.9 Å². The topological polar surface area (TPSA) is 73.5 Å². The SMILES string of the molecule is CNC1CCN(CC(=O)NC(=O)NC(C)(C)C)C1. The van der Waals surface area contributed by atoms with Gasteiger partial charge in [0.25, 0.3) is 0 Å². The van der Waals surface area contributed by atoms with Crippen LogP contribution in [0.2, 0.25) is 0 Å². The van der Waals surface area contributed by atoms with Crippen LogP contribution in [0.5, 0.6) is 0 Å². The molecule has 1 atom stereocenters. The molecule has 0 saturated carbocycles. The van der Waals surface area contributed by atoms with E-state index in [9.17, 15) is 9.59 Å². The second kappa shape index (κ2) is 6.15. The van der Waals surface area contributed by atoms with Crippen molar-refractivity contribution in [2.75, 3.05) is 26.7 Å². The molecule has 0 aromatic heterocycles. The molecule has 6 nitrogen and oxygen atoms in total. The number of nitrogens with one attached hydrogen (secondary N) is 3. The molecule has 1 saturated heterocycles. The summed E-state index contributed by atoms with van der Waals surface area (Å²) in [5, 5.41) is 8.22. The molecule has 1 rings (SSSR count). The highest BCUT2D eigenvalue weighted by atomic mass is 16.2. The maximum Gasteiger partial charge on any atom is 0.321 e. The lowest BCUT2D eigenvalue weighted by Gasteiger charge is -2.21. The van der Waals surface area contributed by atoms with Crippen LogP contribution < -0.4 is 16.0 Å². The van der Waals surface area contributed by atoms with Crippen LogP contribution in [0.4, 0.5) is 4.79 Å². The van der Waals surface area contributed by atoms with Crippen molar-refractivity contribution in [2.24, 2.45) is 0 Å². The number of likely N-dealkylation sites (tertiary alicyclic amines) is 1. The van der Waals surface area contributed by atoms with Crippen molar-refractivity contribution in [1.82, 2.24) is 20.9 Å². The molecule has 1 aliphatic heterocycles. The van der Waals surface area contributed by atoms with Crippen LogP contribution in [-0.2, 0) is 4.79 Å². The summed E-state index contributed by atoms with van der Waals surface area (Å²) in [7, 11) is 1.92. The minimum absolute atomic E-state index is 0.256. The Labute approximate surface area is 108 Å². The summed E-state index contributed by atoms with van der Waals surface area (Å²) in [6.45, 7) is 7.62. The zero-order chi connectivity index (χ0) is 13.8. The molecule has 0 aromatic carbocycles. The third-order valence-corrected chi connectivity index (χ3v) is 2.79. The first kappa shape index (κ1) is 14.9. The van der Waals surface area contributed by atoms with E-state index < -0.39 is 6.03 Å². The number of hydrogen-bond acceptors (Lipinski definition) is 4. The summed E-state index contributed by atoms with van der Waals surface area (Å²) < 4.78 is 0. The van der Waals surface area contributed by atoms with Crippen molar-refractivity contribution in [2.45, 2.75) is 38.8 Å². The zero-order valence-electron chi connectivity index (χ0n) is 11.7. The number of rotatable bonds is 3. The van der Waals surface area contributed by atoms with Crippen molar-refractivity contribution in [1.29, 1.82) is 0 Å². The van der Waals surface area contributed by atoms with Crippen molar-refractivity contribution < 1.29 is 9.59 Å². The summed E-state index contributed by atoms with van der Waals surface area (Å²) in [6, 6.07) is 0.0121. The molecule has 1 fully saturated rings. The van der Waals surface area contributed by atoms with Crippen LogP contribution in [0.15, 0.2) is 0 Å². The van der Waals surface area contributed by atoms with Gasteiger partial charge in [0.1, 0.15) is 0 Å². The summed E-state index contributed by atoms with van der Waals surface area (Å²) >= 11 is 0. The van der Waals surface area contributed by atoms with Gasteiger partial charge >= 0.3 is 6.03 Å². The van der Waals surface area contributed by atoms with E-state index in [2.05, 4.69) is 16.0 Å². The fourth-order valence-electron chi connectivity index (χ4n) is 1.95. The summed E-state index contributed by atoms with van der Waals surface area (Å²) in [6.07, 6.45) is 1.04. The Morgan fingerprint density at radius 1 is 1.33 bits per heavy atom. The Balaban J connectivity index is 2.28. The molecule has 0 aliphatic carbocycles. The maximum absolute atomic E-state index is 11.7. The molecule has 3 amide bonds. The fourth-order valence-corrected chi connectivity index (χ4v) is 1.95. The monoisotopic (exact) mass is 256 g/mol. The Hall–Kier alpha value is -1.14. The Morgan fingerprint density at radius 3 is 2.50 bits per heavy atom. The average molecular weight is 256 g/mol. The third-order valence-electron chi connectivity index (χ3n) is 2.79. The number of imide groups is 1. The van der Waals surface area contributed by atoms with Crippen LogP contribution in [-0.4, -0.2) is 55.1 Å². The Morgan fingerprint density at radius 2 is 2.00 bits per heavy atom. The third kappa shape index (κ3) is 5.46. The molecule has 1 unspecified atom stereocenters. The highest BCUT2D eigenvalue weighted by Gasteiger charge is 2.23. The number of carbonyl (C=O) groups is 2. The molecule has 6 heteroatoms. The molecule has 104 valence electrons. The Bertz CT molecular complexity index is 312. The largest absolute Gasteiger partial charge is 0.333 e.